The number of hydrogen-bond acceptors (Lipinski definition) is 4. The third kappa shape index (κ3) is 3.96. The molecule has 0 radical (unpaired) electrons. The van der Waals surface area contributed by atoms with E-state index in [-0.39, 0.29) is 6.10 Å². The van der Waals surface area contributed by atoms with Gasteiger partial charge in [0.25, 0.3) is 0 Å². The molecule has 2 rings (SSSR count). The maximum atomic E-state index is 6.09. The molecule has 1 aromatic carbocycles. The van der Waals surface area contributed by atoms with Crippen LogP contribution >= 0.6 is 11.8 Å². The van der Waals surface area contributed by atoms with Crippen molar-refractivity contribution >= 4 is 11.8 Å². The summed E-state index contributed by atoms with van der Waals surface area (Å²) in [5.41, 5.74) is 6.64. The Hall–Kier alpha value is -0.550. The molecule has 3 nitrogen and oxygen atoms in total. The Bertz CT molecular complexity index is 387. The fraction of sp³-hybridized carbons (Fsp3) is 0.600. The van der Waals surface area contributed by atoms with Gasteiger partial charge in [0.1, 0.15) is 0 Å². The van der Waals surface area contributed by atoms with Crippen molar-refractivity contribution in [2.75, 3.05) is 18.9 Å². The van der Waals surface area contributed by atoms with Gasteiger partial charge in [-0.2, -0.15) is 11.8 Å². The Morgan fingerprint density at radius 2 is 2.16 bits per heavy atom. The zero-order valence-electron chi connectivity index (χ0n) is 11.7. The van der Waals surface area contributed by atoms with Crippen LogP contribution in [0.3, 0.4) is 0 Å². The molecule has 0 aromatic heterocycles. The minimum atomic E-state index is -0.594. The van der Waals surface area contributed by atoms with Crippen LogP contribution in [0.15, 0.2) is 30.3 Å². The van der Waals surface area contributed by atoms with E-state index < -0.39 is 5.79 Å². The van der Waals surface area contributed by atoms with Crippen LogP contribution in [0.25, 0.3) is 0 Å². The first kappa shape index (κ1) is 14.9. The van der Waals surface area contributed by atoms with E-state index in [0.717, 1.165) is 24.3 Å². The summed E-state index contributed by atoms with van der Waals surface area (Å²) in [6, 6.07) is 10.1. The van der Waals surface area contributed by atoms with Crippen molar-refractivity contribution in [1.82, 2.24) is 0 Å². The van der Waals surface area contributed by atoms with E-state index in [0.29, 0.717) is 11.9 Å². The van der Waals surface area contributed by atoms with Crippen LogP contribution in [0.5, 0.6) is 0 Å². The molecule has 0 bridgehead atoms. The highest BCUT2D eigenvalue weighted by Crippen LogP contribution is 2.35. The first-order valence-corrected chi connectivity index (χ1v) is 7.88. The second-order valence-corrected chi connectivity index (χ2v) is 6.56. The van der Waals surface area contributed by atoms with Gasteiger partial charge in [0.05, 0.1) is 12.7 Å². The number of nitrogens with two attached hydrogens (primary N) is 1. The van der Waals surface area contributed by atoms with E-state index in [1.807, 2.05) is 49.0 Å². The van der Waals surface area contributed by atoms with E-state index in [1.54, 1.807) is 0 Å². The monoisotopic (exact) mass is 281 g/mol. The van der Waals surface area contributed by atoms with E-state index in [2.05, 4.69) is 6.92 Å². The molecule has 4 heteroatoms. The van der Waals surface area contributed by atoms with Gasteiger partial charge in [0, 0.05) is 16.6 Å². The average Bonchev–Trinajstić information content (AvgIpc) is 2.81. The second-order valence-electron chi connectivity index (χ2n) is 5.08. The van der Waals surface area contributed by atoms with Crippen molar-refractivity contribution in [3.63, 3.8) is 0 Å². The maximum absolute atomic E-state index is 6.09. The lowest BCUT2D eigenvalue weighted by molar-refractivity contribution is -0.159. The van der Waals surface area contributed by atoms with Gasteiger partial charge in [-0.1, -0.05) is 37.3 Å². The molecule has 0 spiro atoms. The lowest BCUT2D eigenvalue weighted by Gasteiger charge is -2.24. The number of ether oxygens (including phenoxy) is 2. The van der Waals surface area contributed by atoms with Crippen LogP contribution < -0.4 is 5.73 Å². The number of benzene rings is 1. The summed E-state index contributed by atoms with van der Waals surface area (Å²) in [6.07, 6.45) is 1.21. The van der Waals surface area contributed by atoms with Crippen LogP contribution in [0.4, 0.5) is 0 Å². The van der Waals surface area contributed by atoms with Crippen molar-refractivity contribution in [2.45, 2.75) is 37.4 Å². The summed E-state index contributed by atoms with van der Waals surface area (Å²) < 4.78 is 12.0. The maximum Gasteiger partial charge on any atom is 0.192 e. The molecule has 3 unspecified atom stereocenters. The standard InChI is InChI=1S/C15H23NO2S/c1-12(8-9-16)19-11-14-10-17-15(2,18-14)13-6-4-3-5-7-13/h3-7,12,14H,8-11,16H2,1-2H3. The van der Waals surface area contributed by atoms with Gasteiger partial charge in [-0.05, 0) is 19.9 Å². The fourth-order valence-corrected chi connectivity index (χ4v) is 3.21. The van der Waals surface area contributed by atoms with Crippen molar-refractivity contribution in [3.8, 4) is 0 Å². The van der Waals surface area contributed by atoms with Crippen molar-refractivity contribution in [2.24, 2.45) is 5.73 Å². The predicted molar refractivity (Wildman–Crippen MR) is 80.2 cm³/mol. The highest BCUT2D eigenvalue weighted by Gasteiger charge is 2.38. The van der Waals surface area contributed by atoms with E-state index in [1.165, 1.54) is 0 Å². The Balaban J connectivity index is 1.86. The smallest absolute Gasteiger partial charge is 0.192 e. The van der Waals surface area contributed by atoms with Crippen LogP contribution in [-0.4, -0.2) is 30.3 Å². The summed E-state index contributed by atoms with van der Waals surface area (Å²) in [7, 11) is 0. The highest BCUT2D eigenvalue weighted by atomic mass is 32.2. The van der Waals surface area contributed by atoms with Crippen molar-refractivity contribution < 1.29 is 9.47 Å². The Morgan fingerprint density at radius 1 is 1.42 bits per heavy atom. The molecule has 1 aromatic rings. The summed E-state index contributed by atoms with van der Waals surface area (Å²) in [4.78, 5) is 0. The summed E-state index contributed by atoms with van der Waals surface area (Å²) in [6.45, 7) is 5.62. The summed E-state index contributed by atoms with van der Waals surface area (Å²) in [5.74, 6) is 0.368. The third-order valence-corrected chi connectivity index (χ3v) is 4.74. The normalized spacial score (nSPS) is 28.5. The van der Waals surface area contributed by atoms with Gasteiger partial charge in [0.15, 0.2) is 5.79 Å². The van der Waals surface area contributed by atoms with Crippen LogP contribution in [-0.2, 0) is 15.3 Å². The van der Waals surface area contributed by atoms with Gasteiger partial charge in [-0.25, -0.2) is 0 Å². The van der Waals surface area contributed by atoms with Gasteiger partial charge >= 0.3 is 0 Å². The van der Waals surface area contributed by atoms with Gasteiger partial charge in [-0.15, -0.1) is 0 Å². The Morgan fingerprint density at radius 3 is 2.84 bits per heavy atom. The van der Waals surface area contributed by atoms with Crippen LogP contribution in [0.2, 0.25) is 0 Å². The molecular formula is C15H23NO2S. The van der Waals surface area contributed by atoms with Gasteiger partial charge < -0.3 is 15.2 Å². The molecule has 0 aliphatic carbocycles. The summed E-state index contributed by atoms with van der Waals surface area (Å²) >= 11 is 1.91. The number of hydrogen-bond donors (Lipinski definition) is 1. The minimum absolute atomic E-state index is 0.162. The van der Waals surface area contributed by atoms with E-state index in [4.69, 9.17) is 15.2 Å². The van der Waals surface area contributed by atoms with Crippen molar-refractivity contribution in [3.05, 3.63) is 35.9 Å². The molecule has 2 N–H and O–H groups in total. The van der Waals surface area contributed by atoms with Gasteiger partial charge in [0.2, 0.25) is 0 Å². The quantitative estimate of drug-likeness (QED) is 0.871. The largest absolute Gasteiger partial charge is 0.343 e. The molecule has 1 heterocycles. The Kier molecular flexibility index (Phi) is 5.28. The molecule has 1 fully saturated rings. The Labute approximate surface area is 119 Å². The van der Waals surface area contributed by atoms with E-state index in [9.17, 15) is 0 Å². The first-order valence-electron chi connectivity index (χ1n) is 6.83. The molecule has 1 aliphatic heterocycles. The molecule has 1 aliphatic rings. The van der Waals surface area contributed by atoms with Crippen molar-refractivity contribution in [1.29, 1.82) is 0 Å². The third-order valence-electron chi connectivity index (χ3n) is 3.37. The van der Waals surface area contributed by atoms with Crippen LogP contribution in [0.1, 0.15) is 25.8 Å². The predicted octanol–water partition coefficient (Wildman–Crippen LogP) is 2.75. The number of rotatable bonds is 6. The lowest BCUT2D eigenvalue weighted by Crippen LogP contribution is -2.24. The fourth-order valence-electron chi connectivity index (χ4n) is 2.20. The molecular weight excluding hydrogens is 258 g/mol. The van der Waals surface area contributed by atoms with Crippen LogP contribution in [0, 0.1) is 0 Å². The van der Waals surface area contributed by atoms with E-state index >= 15 is 0 Å². The molecule has 0 saturated carbocycles. The topological polar surface area (TPSA) is 44.5 Å². The zero-order valence-corrected chi connectivity index (χ0v) is 12.5. The number of thioether (sulfide) groups is 1. The minimum Gasteiger partial charge on any atom is -0.343 e. The average molecular weight is 281 g/mol. The molecule has 19 heavy (non-hydrogen) atoms. The molecule has 1 saturated heterocycles. The first-order chi connectivity index (χ1) is 9.14. The molecule has 3 atom stereocenters. The molecule has 106 valence electrons. The highest BCUT2D eigenvalue weighted by molar-refractivity contribution is 7.99. The van der Waals surface area contributed by atoms with Gasteiger partial charge in [-0.3, -0.25) is 0 Å². The second kappa shape index (κ2) is 6.75. The summed E-state index contributed by atoms with van der Waals surface area (Å²) in [5, 5.41) is 0.581. The lowest BCUT2D eigenvalue weighted by atomic mass is 10.1. The SMILES string of the molecule is CC(CCN)SCC1COC(C)(c2ccccc2)O1. The zero-order chi connectivity index (χ0) is 13.7. The molecule has 0 amide bonds.